The molecule has 0 aliphatic carbocycles. The van der Waals surface area contributed by atoms with Crippen molar-refractivity contribution in [2.24, 2.45) is 11.8 Å². The fraction of sp³-hybridized carbons (Fsp3) is 0.818. The molecule has 0 radical (unpaired) electrons. The van der Waals surface area contributed by atoms with E-state index >= 15 is 0 Å². The number of fused-ring (bicyclic) bond motifs is 1. The molecule has 2 heterocycles. The highest BCUT2D eigenvalue weighted by molar-refractivity contribution is 5.76. The summed E-state index contributed by atoms with van der Waals surface area (Å²) in [5.74, 6) is 1.45. The number of rotatable bonds is 1. The van der Waals surface area contributed by atoms with E-state index < -0.39 is 0 Å². The molecule has 15 heavy (non-hydrogen) atoms. The fourth-order valence-corrected chi connectivity index (χ4v) is 2.68. The lowest BCUT2D eigenvalue weighted by Gasteiger charge is -2.20. The van der Waals surface area contributed by atoms with Gasteiger partial charge in [-0.2, -0.15) is 0 Å². The predicted octanol–water partition coefficient (Wildman–Crippen LogP) is 0.333. The van der Waals surface area contributed by atoms with E-state index in [1.807, 2.05) is 16.7 Å². The van der Waals surface area contributed by atoms with Crippen LogP contribution in [-0.2, 0) is 9.59 Å². The molecule has 84 valence electrons. The smallest absolute Gasteiger partial charge is 0.222 e. The Bertz CT molecular complexity index is 276. The number of hydrogen-bond acceptors (Lipinski definition) is 2. The first-order chi connectivity index (χ1) is 7.11. The molecule has 4 nitrogen and oxygen atoms in total. The monoisotopic (exact) mass is 210 g/mol. The molecule has 2 unspecified atom stereocenters. The maximum Gasteiger partial charge on any atom is 0.222 e. The topological polar surface area (TPSA) is 40.6 Å². The number of likely N-dealkylation sites (tertiary alicyclic amines) is 2. The maximum atomic E-state index is 11.5. The molecule has 0 aromatic rings. The zero-order valence-corrected chi connectivity index (χ0v) is 9.40. The van der Waals surface area contributed by atoms with Gasteiger partial charge in [0.15, 0.2) is 0 Å². The molecule has 2 saturated heterocycles. The molecule has 0 aromatic heterocycles. The van der Waals surface area contributed by atoms with Gasteiger partial charge >= 0.3 is 0 Å². The molecular weight excluding hydrogens is 192 g/mol. The zero-order valence-electron chi connectivity index (χ0n) is 9.40. The third-order valence-electron chi connectivity index (χ3n) is 3.59. The largest absolute Gasteiger partial charge is 0.342 e. The normalized spacial score (nSPS) is 29.5. The van der Waals surface area contributed by atoms with E-state index in [0.717, 1.165) is 26.2 Å². The highest BCUT2D eigenvalue weighted by atomic mass is 16.2. The van der Waals surface area contributed by atoms with Crippen LogP contribution in [0.2, 0.25) is 0 Å². The van der Waals surface area contributed by atoms with E-state index in [0.29, 0.717) is 18.3 Å². The van der Waals surface area contributed by atoms with E-state index in [9.17, 15) is 9.59 Å². The quantitative estimate of drug-likeness (QED) is 0.626. The standard InChI is InChI=1S/C11H18N2O2/c1-3-11(15)13-6-9-4-12(8(2)14)5-10(9)7-13/h9-10H,3-7H2,1-2H3. The van der Waals surface area contributed by atoms with Crippen LogP contribution in [0, 0.1) is 11.8 Å². The van der Waals surface area contributed by atoms with Crippen molar-refractivity contribution in [1.82, 2.24) is 9.80 Å². The minimum atomic E-state index is 0.165. The first-order valence-corrected chi connectivity index (χ1v) is 5.65. The molecule has 0 bridgehead atoms. The molecule has 2 fully saturated rings. The van der Waals surface area contributed by atoms with Crippen LogP contribution in [0.3, 0.4) is 0 Å². The molecule has 0 saturated carbocycles. The van der Waals surface area contributed by atoms with Gasteiger partial charge in [0, 0.05) is 51.4 Å². The third-order valence-corrected chi connectivity index (χ3v) is 3.59. The number of carbonyl (C=O) groups is 2. The highest BCUT2D eigenvalue weighted by Gasteiger charge is 2.41. The van der Waals surface area contributed by atoms with Crippen LogP contribution in [0.15, 0.2) is 0 Å². The van der Waals surface area contributed by atoms with Crippen molar-refractivity contribution in [1.29, 1.82) is 0 Å². The Morgan fingerprint density at radius 3 is 1.93 bits per heavy atom. The van der Waals surface area contributed by atoms with Crippen molar-refractivity contribution in [3.05, 3.63) is 0 Å². The van der Waals surface area contributed by atoms with Crippen molar-refractivity contribution in [2.45, 2.75) is 20.3 Å². The summed E-state index contributed by atoms with van der Waals surface area (Å²) in [4.78, 5) is 26.6. The van der Waals surface area contributed by atoms with Gasteiger partial charge in [-0.05, 0) is 0 Å². The van der Waals surface area contributed by atoms with Crippen LogP contribution in [0.1, 0.15) is 20.3 Å². The minimum Gasteiger partial charge on any atom is -0.342 e. The number of nitrogens with zero attached hydrogens (tertiary/aromatic N) is 2. The third kappa shape index (κ3) is 1.85. The molecule has 2 aliphatic heterocycles. The first kappa shape index (κ1) is 10.5. The number of hydrogen-bond donors (Lipinski definition) is 0. The average Bonchev–Trinajstić information content (AvgIpc) is 2.72. The zero-order chi connectivity index (χ0) is 11.0. The molecule has 0 spiro atoms. The SMILES string of the molecule is CCC(=O)N1CC2CN(C(C)=O)CC2C1. The minimum absolute atomic E-state index is 0.165. The van der Waals surface area contributed by atoms with Gasteiger partial charge in [0.1, 0.15) is 0 Å². The summed E-state index contributed by atoms with van der Waals surface area (Å²) in [5, 5.41) is 0. The molecule has 2 aliphatic rings. The van der Waals surface area contributed by atoms with Gasteiger partial charge in [-0.3, -0.25) is 9.59 Å². The lowest BCUT2D eigenvalue weighted by molar-refractivity contribution is -0.130. The van der Waals surface area contributed by atoms with E-state index in [2.05, 4.69) is 0 Å². The van der Waals surface area contributed by atoms with Crippen LogP contribution in [-0.4, -0.2) is 47.8 Å². The van der Waals surface area contributed by atoms with Gasteiger partial charge in [-0.15, -0.1) is 0 Å². The summed E-state index contributed by atoms with van der Waals surface area (Å²) < 4.78 is 0. The summed E-state index contributed by atoms with van der Waals surface area (Å²) in [5.41, 5.74) is 0. The van der Waals surface area contributed by atoms with Crippen LogP contribution in [0.4, 0.5) is 0 Å². The second-order valence-corrected chi connectivity index (χ2v) is 4.60. The first-order valence-electron chi connectivity index (χ1n) is 5.65. The van der Waals surface area contributed by atoms with Gasteiger partial charge < -0.3 is 9.80 Å². The Labute approximate surface area is 90.2 Å². The summed E-state index contributed by atoms with van der Waals surface area (Å²) in [6.45, 7) is 6.90. The molecule has 4 heteroatoms. The fourth-order valence-electron chi connectivity index (χ4n) is 2.68. The van der Waals surface area contributed by atoms with Gasteiger partial charge in [-0.25, -0.2) is 0 Å². The Morgan fingerprint density at radius 1 is 1.07 bits per heavy atom. The lowest BCUT2D eigenvalue weighted by atomic mass is 10.0. The van der Waals surface area contributed by atoms with E-state index in [1.54, 1.807) is 6.92 Å². The summed E-state index contributed by atoms with van der Waals surface area (Å²) in [6.07, 6.45) is 0.593. The van der Waals surface area contributed by atoms with E-state index in [-0.39, 0.29) is 11.8 Å². The van der Waals surface area contributed by atoms with Crippen LogP contribution < -0.4 is 0 Å². The Kier molecular flexibility index (Phi) is 2.67. The Balaban J connectivity index is 1.93. The van der Waals surface area contributed by atoms with Crippen molar-refractivity contribution in [2.75, 3.05) is 26.2 Å². The van der Waals surface area contributed by atoms with Crippen LogP contribution in [0.5, 0.6) is 0 Å². The summed E-state index contributed by atoms with van der Waals surface area (Å²) >= 11 is 0. The average molecular weight is 210 g/mol. The van der Waals surface area contributed by atoms with Gasteiger partial charge in [0.2, 0.25) is 11.8 Å². The van der Waals surface area contributed by atoms with Crippen molar-refractivity contribution in [3.63, 3.8) is 0 Å². The predicted molar refractivity (Wildman–Crippen MR) is 56.1 cm³/mol. The molecule has 0 aromatic carbocycles. The summed E-state index contributed by atoms with van der Waals surface area (Å²) in [7, 11) is 0. The van der Waals surface area contributed by atoms with E-state index in [4.69, 9.17) is 0 Å². The summed E-state index contributed by atoms with van der Waals surface area (Å²) in [6, 6.07) is 0. The Morgan fingerprint density at radius 2 is 1.53 bits per heavy atom. The second-order valence-electron chi connectivity index (χ2n) is 4.60. The molecular formula is C11H18N2O2. The van der Waals surface area contributed by atoms with Crippen molar-refractivity contribution in [3.8, 4) is 0 Å². The van der Waals surface area contributed by atoms with Crippen LogP contribution >= 0.6 is 0 Å². The number of amides is 2. The van der Waals surface area contributed by atoms with Gasteiger partial charge in [0.05, 0.1) is 0 Å². The lowest BCUT2D eigenvalue weighted by Crippen LogP contribution is -2.34. The molecule has 2 atom stereocenters. The Hall–Kier alpha value is -1.06. The van der Waals surface area contributed by atoms with Crippen molar-refractivity contribution >= 4 is 11.8 Å². The van der Waals surface area contributed by atoms with E-state index in [1.165, 1.54) is 0 Å². The highest BCUT2D eigenvalue weighted by Crippen LogP contribution is 2.31. The molecule has 2 amide bonds. The second kappa shape index (κ2) is 3.83. The number of carbonyl (C=O) groups excluding carboxylic acids is 2. The maximum absolute atomic E-state index is 11.5. The molecule has 2 rings (SSSR count). The van der Waals surface area contributed by atoms with Gasteiger partial charge in [0.25, 0.3) is 0 Å². The van der Waals surface area contributed by atoms with Crippen LogP contribution in [0.25, 0.3) is 0 Å². The molecule has 0 N–H and O–H groups in total. The van der Waals surface area contributed by atoms with Crippen molar-refractivity contribution < 1.29 is 9.59 Å². The van der Waals surface area contributed by atoms with Gasteiger partial charge in [-0.1, -0.05) is 6.92 Å².